The lowest BCUT2D eigenvalue weighted by molar-refractivity contribution is -0.139. The van der Waals surface area contributed by atoms with Crippen LogP contribution in [0.2, 0.25) is 0 Å². The van der Waals surface area contributed by atoms with E-state index in [1.165, 1.54) is 11.8 Å². The van der Waals surface area contributed by atoms with Crippen molar-refractivity contribution < 1.29 is 13.9 Å². The van der Waals surface area contributed by atoms with E-state index in [0.29, 0.717) is 10.8 Å². The molecule has 3 rings (SSSR count). The summed E-state index contributed by atoms with van der Waals surface area (Å²) in [5, 5.41) is 0.475. The van der Waals surface area contributed by atoms with Crippen molar-refractivity contribution in [2.24, 2.45) is 0 Å². The lowest BCUT2D eigenvalue weighted by atomic mass is 10.2. The predicted molar refractivity (Wildman–Crippen MR) is 91.2 cm³/mol. The van der Waals surface area contributed by atoms with Gasteiger partial charge in [0.15, 0.2) is 5.58 Å². The zero-order chi connectivity index (χ0) is 15.9. The Morgan fingerprint density at radius 1 is 1.13 bits per heavy atom. The number of rotatable bonds is 6. The van der Waals surface area contributed by atoms with Gasteiger partial charge in [0.05, 0.1) is 0 Å². The average molecular weight is 325 g/mol. The molecule has 0 saturated carbocycles. The fraction of sp³-hybridized carbons (Fsp3) is 0.111. The van der Waals surface area contributed by atoms with Gasteiger partial charge in [-0.3, -0.25) is 4.79 Å². The van der Waals surface area contributed by atoms with Crippen LogP contribution in [-0.4, -0.2) is 23.3 Å². The summed E-state index contributed by atoms with van der Waals surface area (Å²) >= 11 is 1.23. The molecular formula is C18H15NO3S. The molecule has 0 N–H and O–H groups in total. The highest BCUT2D eigenvalue weighted by Gasteiger charge is 2.09. The summed E-state index contributed by atoms with van der Waals surface area (Å²) < 4.78 is 10.7. The first-order valence-corrected chi connectivity index (χ1v) is 8.15. The molecule has 0 spiro atoms. The van der Waals surface area contributed by atoms with E-state index in [2.05, 4.69) is 4.98 Å². The van der Waals surface area contributed by atoms with Crippen LogP contribution in [-0.2, 0) is 9.53 Å². The van der Waals surface area contributed by atoms with Crippen LogP contribution in [0.4, 0.5) is 0 Å². The standard InChI is InChI=1S/C18H15NO3S/c20-17(21-12-6-9-14-7-2-1-3-8-14)13-23-18-19-15-10-4-5-11-16(15)22-18/h1-11H,12-13H2/b9-6+. The van der Waals surface area contributed by atoms with Crippen molar-refractivity contribution in [3.63, 3.8) is 0 Å². The van der Waals surface area contributed by atoms with Crippen molar-refractivity contribution in [3.8, 4) is 0 Å². The van der Waals surface area contributed by atoms with Gasteiger partial charge >= 0.3 is 5.97 Å². The number of para-hydroxylation sites is 2. The molecule has 0 radical (unpaired) electrons. The molecule has 2 aromatic carbocycles. The zero-order valence-electron chi connectivity index (χ0n) is 12.3. The Balaban J connectivity index is 1.43. The Morgan fingerprint density at radius 2 is 1.91 bits per heavy atom. The molecule has 1 heterocycles. The van der Waals surface area contributed by atoms with Gasteiger partial charge < -0.3 is 9.15 Å². The maximum Gasteiger partial charge on any atom is 0.316 e. The SMILES string of the molecule is O=C(CSc1nc2ccccc2o1)OC/C=C/c1ccccc1. The highest BCUT2D eigenvalue weighted by Crippen LogP contribution is 2.23. The molecule has 0 fully saturated rings. The Kier molecular flexibility index (Phi) is 5.11. The molecule has 0 aliphatic heterocycles. The monoisotopic (exact) mass is 325 g/mol. The lowest BCUT2D eigenvalue weighted by Crippen LogP contribution is -2.07. The Labute approximate surface area is 138 Å². The largest absolute Gasteiger partial charge is 0.461 e. The maximum atomic E-state index is 11.7. The van der Waals surface area contributed by atoms with Crippen LogP contribution in [0.25, 0.3) is 17.2 Å². The average Bonchev–Trinajstić information content (AvgIpc) is 3.01. The maximum absolute atomic E-state index is 11.7. The number of oxazole rings is 1. The highest BCUT2D eigenvalue weighted by atomic mass is 32.2. The van der Waals surface area contributed by atoms with Gasteiger partial charge in [0.2, 0.25) is 0 Å². The summed E-state index contributed by atoms with van der Waals surface area (Å²) in [6.45, 7) is 0.252. The van der Waals surface area contributed by atoms with E-state index in [1.54, 1.807) is 0 Å². The predicted octanol–water partition coefficient (Wildman–Crippen LogP) is 4.18. The number of thioether (sulfide) groups is 1. The molecule has 1 aromatic heterocycles. The first kappa shape index (κ1) is 15.4. The number of ether oxygens (including phenoxy) is 1. The van der Waals surface area contributed by atoms with E-state index in [9.17, 15) is 4.79 Å². The van der Waals surface area contributed by atoms with Crippen LogP contribution in [0.5, 0.6) is 0 Å². The third kappa shape index (κ3) is 4.47. The van der Waals surface area contributed by atoms with Crippen molar-refractivity contribution in [2.75, 3.05) is 12.4 Å². The minimum absolute atomic E-state index is 0.173. The van der Waals surface area contributed by atoms with Gasteiger partial charge in [-0.2, -0.15) is 0 Å². The van der Waals surface area contributed by atoms with E-state index >= 15 is 0 Å². The van der Waals surface area contributed by atoms with Crippen molar-refractivity contribution in [3.05, 3.63) is 66.2 Å². The van der Waals surface area contributed by atoms with Crippen LogP contribution in [0.3, 0.4) is 0 Å². The zero-order valence-corrected chi connectivity index (χ0v) is 13.2. The number of hydrogen-bond acceptors (Lipinski definition) is 5. The highest BCUT2D eigenvalue weighted by molar-refractivity contribution is 7.99. The van der Waals surface area contributed by atoms with Crippen molar-refractivity contribution in [1.82, 2.24) is 4.98 Å². The van der Waals surface area contributed by atoms with E-state index < -0.39 is 0 Å². The van der Waals surface area contributed by atoms with E-state index in [1.807, 2.05) is 66.7 Å². The van der Waals surface area contributed by atoms with Gasteiger partial charge in [0, 0.05) is 0 Å². The summed E-state index contributed by atoms with van der Waals surface area (Å²) in [5.74, 6) is -0.124. The molecule has 116 valence electrons. The van der Waals surface area contributed by atoms with Gasteiger partial charge in [0.25, 0.3) is 5.22 Å². The molecule has 3 aromatic rings. The fourth-order valence-corrected chi connectivity index (χ4v) is 2.60. The van der Waals surface area contributed by atoms with Crippen LogP contribution >= 0.6 is 11.8 Å². The number of fused-ring (bicyclic) bond motifs is 1. The molecule has 0 amide bonds. The summed E-state index contributed by atoms with van der Waals surface area (Å²) in [4.78, 5) is 16.0. The van der Waals surface area contributed by atoms with Crippen LogP contribution in [0, 0.1) is 0 Å². The molecule has 4 nitrogen and oxygen atoms in total. The molecule has 0 unspecified atom stereocenters. The summed E-state index contributed by atoms with van der Waals surface area (Å²) in [6.07, 6.45) is 3.73. The molecule has 5 heteroatoms. The van der Waals surface area contributed by atoms with E-state index in [0.717, 1.165) is 11.1 Å². The van der Waals surface area contributed by atoms with Gasteiger partial charge in [-0.25, -0.2) is 4.98 Å². The lowest BCUT2D eigenvalue weighted by Gasteiger charge is -1.99. The number of carbonyl (C=O) groups is 1. The second-order valence-corrected chi connectivity index (χ2v) is 5.66. The Bertz CT molecular complexity index is 778. The van der Waals surface area contributed by atoms with Crippen LogP contribution in [0.1, 0.15) is 5.56 Å². The van der Waals surface area contributed by atoms with Gasteiger partial charge in [-0.1, -0.05) is 60.3 Å². The fourth-order valence-electron chi connectivity index (χ4n) is 1.96. The van der Waals surface area contributed by atoms with Crippen molar-refractivity contribution in [2.45, 2.75) is 5.22 Å². The number of carbonyl (C=O) groups excluding carboxylic acids is 1. The van der Waals surface area contributed by atoms with Gasteiger partial charge in [-0.15, -0.1) is 0 Å². The number of nitrogens with zero attached hydrogens (tertiary/aromatic N) is 1. The quantitative estimate of drug-likeness (QED) is 0.503. The molecule has 23 heavy (non-hydrogen) atoms. The van der Waals surface area contributed by atoms with Crippen molar-refractivity contribution >= 4 is 34.9 Å². The Morgan fingerprint density at radius 3 is 2.74 bits per heavy atom. The smallest absolute Gasteiger partial charge is 0.316 e. The summed E-state index contributed by atoms with van der Waals surface area (Å²) in [7, 11) is 0. The van der Waals surface area contributed by atoms with Crippen molar-refractivity contribution in [1.29, 1.82) is 0 Å². The normalized spacial score (nSPS) is 11.1. The molecule has 0 bridgehead atoms. The minimum Gasteiger partial charge on any atom is -0.461 e. The topological polar surface area (TPSA) is 52.3 Å². The molecule has 0 atom stereocenters. The first-order valence-electron chi connectivity index (χ1n) is 7.17. The minimum atomic E-state index is -0.296. The number of hydrogen-bond donors (Lipinski definition) is 0. The molecule has 0 aliphatic rings. The van der Waals surface area contributed by atoms with E-state index in [4.69, 9.17) is 9.15 Å². The number of benzene rings is 2. The van der Waals surface area contributed by atoms with Crippen LogP contribution in [0.15, 0.2) is 70.3 Å². The first-order chi connectivity index (χ1) is 11.3. The number of aromatic nitrogens is 1. The molecular weight excluding hydrogens is 310 g/mol. The van der Waals surface area contributed by atoms with Crippen LogP contribution < -0.4 is 0 Å². The summed E-state index contributed by atoms with van der Waals surface area (Å²) in [6, 6.07) is 17.4. The van der Waals surface area contributed by atoms with Gasteiger partial charge in [0.1, 0.15) is 17.9 Å². The molecule has 0 aliphatic carbocycles. The third-order valence-electron chi connectivity index (χ3n) is 3.04. The third-order valence-corrected chi connectivity index (χ3v) is 3.84. The Hall–Kier alpha value is -2.53. The number of esters is 1. The van der Waals surface area contributed by atoms with Gasteiger partial charge in [-0.05, 0) is 23.8 Å². The summed E-state index contributed by atoms with van der Waals surface area (Å²) in [5.41, 5.74) is 2.58. The second-order valence-electron chi connectivity index (χ2n) is 4.73. The van der Waals surface area contributed by atoms with E-state index in [-0.39, 0.29) is 18.3 Å². The molecule has 0 saturated heterocycles. The second kappa shape index (κ2) is 7.65.